The minimum atomic E-state index is -4.51. The van der Waals surface area contributed by atoms with Gasteiger partial charge in [0, 0.05) is 42.4 Å². The fourth-order valence-electron chi connectivity index (χ4n) is 7.36. The highest BCUT2D eigenvalue weighted by atomic mass is 35.5. The van der Waals surface area contributed by atoms with Crippen molar-refractivity contribution < 1.29 is 52.1 Å². The van der Waals surface area contributed by atoms with E-state index >= 15 is 0 Å². The number of hydrogen-bond donors (Lipinski definition) is 10. The number of nitrogens with one attached hydrogen (secondary N) is 4. The molecule has 4 aromatic rings. The topological polar surface area (TPSA) is 347 Å². The van der Waals surface area contributed by atoms with Gasteiger partial charge in [0.2, 0.25) is 17.7 Å². The Morgan fingerprint density at radius 3 is 2.16 bits per heavy atom. The molecule has 0 saturated heterocycles. The van der Waals surface area contributed by atoms with Crippen molar-refractivity contribution in [2.45, 2.75) is 76.5 Å². The van der Waals surface area contributed by atoms with Crippen LogP contribution in [0.5, 0.6) is 17.2 Å². The first kappa shape index (κ1) is 53.4. The number of pyridine rings is 1. The highest BCUT2D eigenvalue weighted by molar-refractivity contribution is 7.87. The first-order chi connectivity index (χ1) is 32.4. The van der Waals surface area contributed by atoms with Crippen LogP contribution in [-0.2, 0) is 41.2 Å². The Morgan fingerprint density at radius 2 is 1.58 bits per heavy atom. The summed E-state index contributed by atoms with van der Waals surface area (Å²) in [5.41, 5.74) is 19.9. The molecule has 21 nitrogen and oxygen atoms in total. The van der Waals surface area contributed by atoms with Crippen LogP contribution in [-0.4, -0.2) is 116 Å². The van der Waals surface area contributed by atoms with Crippen LogP contribution >= 0.6 is 11.6 Å². The van der Waals surface area contributed by atoms with Gasteiger partial charge in [0.05, 0.1) is 24.5 Å². The summed E-state index contributed by atoms with van der Waals surface area (Å²) in [5.74, 6) is -5.81. The number of aromatic nitrogens is 1. The second kappa shape index (κ2) is 22.7. The van der Waals surface area contributed by atoms with Crippen LogP contribution in [0.4, 0.5) is 5.69 Å². The molecule has 4 atom stereocenters. The molecule has 3 aromatic carbocycles. The van der Waals surface area contributed by atoms with Gasteiger partial charge >= 0.3 is 5.97 Å². The number of halogens is 1. The summed E-state index contributed by atoms with van der Waals surface area (Å²) in [4.78, 5) is 74.8. The highest BCUT2D eigenvalue weighted by Crippen LogP contribution is 2.45. The molecule has 69 heavy (non-hydrogen) atoms. The lowest BCUT2D eigenvalue weighted by Crippen LogP contribution is -2.57. The largest absolute Gasteiger partial charge is 0.504 e. The summed E-state index contributed by atoms with van der Waals surface area (Å²) in [7, 11) is -3.34. The average Bonchev–Trinajstić information content (AvgIpc) is 3.27. The van der Waals surface area contributed by atoms with Gasteiger partial charge < -0.3 is 57.7 Å². The van der Waals surface area contributed by atoms with E-state index in [1.54, 1.807) is 18.2 Å². The first-order valence-electron chi connectivity index (χ1n) is 21.8. The van der Waals surface area contributed by atoms with E-state index in [0.717, 1.165) is 10.5 Å². The Bertz CT molecular complexity index is 2660. The van der Waals surface area contributed by atoms with Crippen molar-refractivity contribution in [2.75, 3.05) is 45.6 Å². The second-order valence-electron chi connectivity index (χ2n) is 17.4. The van der Waals surface area contributed by atoms with E-state index in [9.17, 15) is 42.6 Å². The predicted molar refractivity (Wildman–Crippen MR) is 258 cm³/mol. The van der Waals surface area contributed by atoms with Crippen LogP contribution in [0.1, 0.15) is 73.6 Å². The van der Waals surface area contributed by atoms with E-state index in [4.69, 9.17) is 43.4 Å². The number of carbonyl (C=O) groups excluding carboxylic acids is 4. The molecule has 1 aliphatic heterocycles. The van der Waals surface area contributed by atoms with Crippen LogP contribution < -0.4 is 52.5 Å². The third kappa shape index (κ3) is 13.6. The number of ether oxygens (including phenoxy) is 2. The lowest BCUT2D eigenvalue weighted by molar-refractivity contribution is -0.143. The highest BCUT2D eigenvalue weighted by Gasteiger charge is 2.38. The zero-order valence-electron chi connectivity index (χ0n) is 38.8. The standard InChI is InChI=1S/C46H59ClN10O11S/c1-24-41(59)55-33(45(63)64)19-25-8-13-35(67-16-6-14-48)29(18-25)30-20-27(21-36(39(30)58)68-17-7-15-49)38(43(61)53-24)57(5)44(62)34(23-52-69(51,65)66)56-42(60)37-31(50)22-32(54-40(37)47)26-9-11-28(12-10-26)46(2,3)4/h8-13,18,20-22,24,33-34,38,52,58H,6-7,14-17,19,23,48-49H2,1-5H3,(H2,50,54)(H,53,61)(H,55,59)(H,56,60)(H,63,64)(H2,51,65,66)/t24-,33-,34-,38-/m0/s1. The summed E-state index contributed by atoms with van der Waals surface area (Å²) in [6.45, 7) is 7.25. The van der Waals surface area contributed by atoms with Crippen molar-refractivity contribution in [3.05, 3.63) is 88.1 Å². The molecular formula is C46H59ClN10O11S. The number of aromatic hydroxyl groups is 1. The number of likely N-dealkylation sites (N-methyl/N-ethyl adjacent to an activating group) is 1. The van der Waals surface area contributed by atoms with Crippen LogP contribution in [0.25, 0.3) is 22.4 Å². The first-order valence-corrected chi connectivity index (χ1v) is 23.8. The Morgan fingerprint density at radius 1 is 0.942 bits per heavy atom. The lowest BCUT2D eigenvalue weighted by Gasteiger charge is -2.33. The molecule has 0 aliphatic carbocycles. The predicted octanol–water partition coefficient (Wildman–Crippen LogP) is 1.83. The van der Waals surface area contributed by atoms with Crippen molar-refractivity contribution in [3.8, 4) is 39.6 Å². The number of phenolic OH excluding ortho intramolecular Hbond substituents is 1. The van der Waals surface area contributed by atoms with Crippen LogP contribution in [0.3, 0.4) is 0 Å². The molecule has 2 heterocycles. The van der Waals surface area contributed by atoms with Gasteiger partial charge in [0.25, 0.3) is 16.1 Å². The number of carbonyl (C=O) groups is 5. The molecule has 0 radical (unpaired) electrons. The molecule has 0 fully saturated rings. The smallest absolute Gasteiger partial charge is 0.326 e. The Balaban J connectivity index is 1.65. The molecule has 5 rings (SSSR count). The number of carboxylic acid groups (broad SMARTS) is 1. The van der Waals surface area contributed by atoms with E-state index in [1.165, 1.54) is 32.2 Å². The fourth-order valence-corrected chi connectivity index (χ4v) is 8.05. The van der Waals surface area contributed by atoms with Gasteiger partial charge in [-0.1, -0.05) is 62.7 Å². The van der Waals surface area contributed by atoms with E-state index in [1.807, 2.05) is 29.0 Å². The maximum Gasteiger partial charge on any atom is 0.326 e. The minimum Gasteiger partial charge on any atom is -0.504 e. The quantitative estimate of drug-likeness (QED) is 0.0533. The van der Waals surface area contributed by atoms with Gasteiger partial charge in [-0.25, -0.2) is 14.9 Å². The SMILES string of the molecule is C[C@@H]1NC(=O)[C@@H](N(C)C(=O)[C@H](CNS(N)(=O)=O)NC(=O)c2c(N)cc(-c3ccc(C(C)(C)C)cc3)nc2Cl)c2cc(OCCCN)c(O)c(c2)-c2cc(ccc2OCCCN)C[C@@H](C(=O)O)NC1=O. The third-order valence-electron chi connectivity index (χ3n) is 11.1. The fraction of sp³-hybridized carbons (Fsp3) is 0.391. The number of aliphatic carboxylic acids is 1. The molecule has 0 spiro atoms. The van der Waals surface area contributed by atoms with Gasteiger partial charge in [-0.15, -0.1) is 0 Å². The Kier molecular flexibility index (Phi) is 17.6. The molecular weight excluding hydrogens is 936 g/mol. The number of hydrogen-bond acceptors (Lipinski definition) is 14. The van der Waals surface area contributed by atoms with E-state index < -0.39 is 76.3 Å². The van der Waals surface area contributed by atoms with Gasteiger partial charge in [-0.05, 0) is 85.3 Å². The lowest BCUT2D eigenvalue weighted by atomic mass is 9.86. The van der Waals surface area contributed by atoms with E-state index in [-0.39, 0.29) is 82.7 Å². The zero-order valence-corrected chi connectivity index (χ0v) is 40.4. The number of anilines is 1. The molecule has 4 amide bonds. The van der Waals surface area contributed by atoms with Crippen molar-refractivity contribution in [1.29, 1.82) is 0 Å². The minimum absolute atomic E-state index is 0.00563. The van der Waals surface area contributed by atoms with Gasteiger partial charge in [0.1, 0.15) is 35.1 Å². The number of benzene rings is 3. The number of amides is 4. The third-order valence-corrected chi connectivity index (χ3v) is 12.0. The molecule has 372 valence electrons. The normalized spacial score (nSPS) is 16.9. The number of phenols is 1. The molecule has 4 bridgehead atoms. The van der Waals surface area contributed by atoms with Crippen molar-refractivity contribution in [2.24, 2.45) is 16.6 Å². The van der Waals surface area contributed by atoms with Crippen LogP contribution in [0.2, 0.25) is 5.15 Å². The number of nitrogens with zero attached hydrogens (tertiary/aromatic N) is 2. The maximum absolute atomic E-state index is 14.8. The molecule has 14 N–H and O–H groups in total. The number of nitrogens with two attached hydrogens (primary N) is 4. The summed E-state index contributed by atoms with van der Waals surface area (Å²) in [5, 5.41) is 34.4. The van der Waals surface area contributed by atoms with Crippen LogP contribution in [0, 0.1) is 0 Å². The Hall–Kier alpha value is -6.56. The number of fused-ring (bicyclic) bond motifs is 5. The monoisotopic (exact) mass is 994 g/mol. The molecule has 23 heteroatoms. The van der Waals surface area contributed by atoms with Crippen molar-refractivity contribution in [3.63, 3.8) is 0 Å². The Labute approximate surface area is 404 Å². The zero-order chi connectivity index (χ0) is 51.0. The van der Waals surface area contributed by atoms with Crippen molar-refractivity contribution >= 4 is 57.1 Å². The summed E-state index contributed by atoms with van der Waals surface area (Å²) in [6.07, 6.45) is 0.551. The van der Waals surface area contributed by atoms with E-state index in [2.05, 4.69) is 41.7 Å². The van der Waals surface area contributed by atoms with E-state index in [0.29, 0.717) is 29.7 Å². The van der Waals surface area contributed by atoms with Gasteiger partial charge in [0.15, 0.2) is 11.5 Å². The number of carboxylic acids is 1. The average molecular weight is 996 g/mol. The molecule has 1 aliphatic rings. The number of rotatable bonds is 17. The van der Waals surface area contributed by atoms with Gasteiger partial charge in [-0.2, -0.15) is 13.1 Å². The second-order valence-corrected chi connectivity index (χ2v) is 19.2. The summed E-state index contributed by atoms with van der Waals surface area (Å²) < 4.78 is 38.6. The number of nitrogen functional groups attached to an aromatic ring is 1. The van der Waals surface area contributed by atoms with Crippen molar-refractivity contribution in [1.82, 2.24) is 30.6 Å². The molecule has 0 saturated carbocycles. The van der Waals surface area contributed by atoms with Crippen LogP contribution in [0.15, 0.2) is 60.7 Å². The summed E-state index contributed by atoms with van der Waals surface area (Å²) in [6, 6.07) is 9.76. The molecule has 0 unspecified atom stereocenters. The van der Waals surface area contributed by atoms with Gasteiger partial charge in [-0.3, -0.25) is 19.2 Å². The maximum atomic E-state index is 14.8. The summed E-state index contributed by atoms with van der Waals surface area (Å²) >= 11 is 6.59. The molecule has 1 aromatic heterocycles.